The first-order valence-electron chi connectivity index (χ1n) is 6.41. The van der Waals surface area contributed by atoms with Crippen molar-refractivity contribution in [3.63, 3.8) is 0 Å². The van der Waals surface area contributed by atoms with Crippen LogP contribution >= 0.6 is 15.9 Å². The van der Waals surface area contributed by atoms with E-state index in [1.54, 1.807) is 4.90 Å². The molecular weight excluding hydrogens is 324 g/mol. The van der Waals surface area contributed by atoms with Gasteiger partial charge in [0.1, 0.15) is 6.04 Å². The Bertz CT molecular complexity index is 642. The Labute approximate surface area is 124 Å². The predicted molar refractivity (Wildman–Crippen MR) is 74.9 cm³/mol. The molecule has 1 N–H and O–H groups in total. The summed E-state index contributed by atoms with van der Waals surface area (Å²) in [5.41, 5.74) is 2.54. The second-order valence-corrected chi connectivity index (χ2v) is 5.92. The van der Waals surface area contributed by atoms with E-state index < -0.39 is 6.04 Å². The van der Waals surface area contributed by atoms with E-state index in [4.69, 9.17) is 0 Å². The van der Waals surface area contributed by atoms with Crippen LogP contribution < -0.4 is 5.32 Å². The van der Waals surface area contributed by atoms with Gasteiger partial charge in [-0.1, -0.05) is 12.1 Å². The fraction of sp³-hybridized carbons (Fsp3) is 0.357. The third-order valence-corrected chi connectivity index (χ3v) is 4.84. The summed E-state index contributed by atoms with van der Waals surface area (Å²) in [6.45, 7) is 2.34. The van der Waals surface area contributed by atoms with Crippen molar-refractivity contribution >= 4 is 33.7 Å². The molecule has 2 aliphatic rings. The van der Waals surface area contributed by atoms with Gasteiger partial charge in [0.2, 0.25) is 11.8 Å². The van der Waals surface area contributed by atoms with Crippen molar-refractivity contribution in [3.05, 3.63) is 33.3 Å². The minimum atomic E-state index is -0.556. The van der Waals surface area contributed by atoms with Crippen LogP contribution in [0.15, 0.2) is 16.6 Å². The molecule has 2 heterocycles. The minimum Gasteiger partial charge on any atom is -0.322 e. The van der Waals surface area contributed by atoms with Crippen LogP contribution in [-0.4, -0.2) is 28.7 Å². The number of nitrogens with zero attached hydrogens (tertiary/aromatic N) is 1. The Morgan fingerprint density at radius 2 is 2.05 bits per heavy atom. The molecule has 104 valence electrons. The molecule has 1 unspecified atom stereocenters. The second kappa shape index (κ2) is 4.70. The molecular formula is C14H13BrN2O3. The number of carbonyl (C=O) groups excluding carboxylic acids is 3. The number of rotatable bonds is 1. The first-order valence-corrected chi connectivity index (χ1v) is 7.21. The highest BCUT2D eigenvalue weighted by Gasteiger charge is 2.40. The zero-order valence-corrected chi connectivity index (χ0v) is 12.5. The van der Waals surface area contributed by atoms with Crippen LogP contribution in [0.3, 0.4) is 0 Å². The van der Waals surface area contributed by atoms with Gasteiger partial charge in [0.25, 0.3) is 5.91 Å². The number of hydrogen-bond acceptors (Lipinski definition) is 3. The summed E-state index contributed by atoms with van der Waals surface area (Å²) in [5, 5.41) is 2.30. The lowest BCUT2D eigenvalue weighted by Gasteiger charge is -2.29. The average Bonchev–Trinajstić information content (AvgIpc) is 2.72. The average molecular weight is 337 g/mol. The number of aryl methyl sites for hydroxylation is 1. The third-order valence-electron chi connectivity index (χ3n) is 3.82. The Morgan fingerprint density at radius 1 is 1.30 bits per heavy atom. The highest BCUT2D eigenvalue weighted by Crippen LogP contribution is 2.33. The summed E-state index contributed by atoms with van der Waals surface area (Å²) < 4.78 is 0.787. The SMILES string of the molecule is Cc1ccc2c(c1Br)C(=O)N(C1CCC(=O)NC1=O)C2. The number of nitrogens with one attached hydrogen (secondary N) is 1. The molecule has 2 aliphatic heterocycles. The van der Waals surface area contributed by atoms with Gasteiger partial charge in [0.05, 0.1) is 5.56 Å². The van der Waals surface area contributed by atoms with E-state index in [1.807, 2.05) is 19.1 Å². The van der Waals surface area contributed by atoms with E-state index >= 15 is 0 Å². The fourth-order valence-corrected chi connectivity index (χ4v) is 3.27. The molecule has 0 bridgehead atoms. The Hall–Kier alpha value is -1.69. The molecule has 1 atom stereocenters. The Kier molecular flexibility index (Phi) is 3.12. The third kappa shape index (κ3) is 1.95. The van der Waals surface area contributed by atoms with Gasteiger partial charge in [0.15, 0.2) is 0 Å². The van der Waals surface area contributed by atoms with Crippen molar-refractivity contribution in [1.29, 1.82) is 0 Å². The Balaban J connectivity index is 1.93. The van der Waals surface area contributed by atoms with E-state index in [1.165, 1.54) is 0 Å². The maximum atomic E-state index is 12.5. The molecule has 1 fully saturated rings. The lowest BCUT2D eigenvalue weighted by atomic mass is 10.0. The summed E-state index contributed by atoms with van der Waals surface area (Å²) >= 11 is 3.45. The van der Waals surface area contributed by atoms with E-state index in [2.05, 4.69) is 21.2 Å². The molecule has 1 aromatic rings. The molecule has 1 saturated heterocycles. The molecule has 0 aromatic heterocycles. The molecule has 3 rings (SSSR count). The van der Waals surface area contributed by atoms with Crippen LogP contribution in [0.2, 0.25) is 0 Å². The Morgan fingerprint density at radius 3 is 2.75 bits per heavy atom. The quantitative estimate of drug-likeness (QED) is 0.790. The van der Waals surface area contributed by atoms with Crippen LogP contribution in [0.5, 0.6) is 0 Å². The maximum absolute atomic E-state index is 12.5. The monoisotopic (exact) mass is 336 g/mol. The molecule has 0 saturated carbocycles. The molecule has 6 heteroatoms. The van der Waals surface area contributed by atoms with Gasteiger partial charge >= 0.3 is 0 Å². The van der Waals surface area contributed by atoms with Crippen LogP contribution in [-0.2, 0) is 16.1 Å². The summed E-state index contributed by atoms with van der Waals surface area (Å²) in [6, 6.07) is 3.31. The number of carbonyl (C=O) groups is 3. The van der Waals surface area contributed by atoms with E-state index in [0.29, 0.717) is 18.5 Å². The molecule has 3 amide bonds. The van der Waals surface area contributed by atoms with Crippen molar-refractivity contribution < 1.29 is 14.4 Å². The number of halogens is 1. The first-order chi connectivity index (χ1) is 9.49. The lowest BCUT2D eigenvalue weighted by Crippen LogP contribution is -2.52. The number of amides is 3. The molecule has 0 aliphatic carbocycles. The summed E-state index contributed by atoms with van der Waals surface area (Å²) in [5.74, 6) is -0.798. The number of piperidine rings is 1. The zero-order valence-electron chi connectivity index (χ0n) is 10.9. The van der Waals surface area contributed by atoms with Crippen molar-refractivity contribution in [1.82, 2.24) is 10.2 Å². The number of fused-ring (bicyclic) bond motifs is 1. The van der Waals surface area contributed by atoms with Gasteiger partial charge in [0, 0.05) is 17.4 Å². The van der Waals surface area contributed by atoms with Gasteiger partial charge in [-0.05, 0) is 40.4 Å². The molecule has 0 radical (unpaired) electrons. The van der Waals surface area contributed by atoms with Gasteiger partial charge in [-0.25, -0.2) is 0 Å². The molecule has 20 heavy (non-hydrogen) atoms. The van der Waals surface area contributed by atoms with Crippen molar-refractivity contribution in [3.8, 4) is 0 Å². The standard InChI is InChI=1S/C14H13BrN2O3/c1-7-2-3-8-6-17(14(20)11(8)12(7)15)9-4-5-10(18)16-13(9)19/h2-3,9H,4-6H2,1H3,(H,16,18,19). The highest BCUT2D eigenvalue weighted by atomic mass is 79.9. The van der Waals surface area contributed by atoms with Gasteiger partial charge in [-0.3, -0.25) is 19.7 Å². The largest absolute Gasteiger partial charge is 0.322 e. The molecule has 5 nitrogen and oxygen atoms in total. The molecule has 1 aromatic carbocycles. The summed E-state index contributed by atoms with van der Waals surface area (Å²) in [7, 11) is 0. The van der Waals surface area contributed by atoms with Crippen molar-refractivity contribution in [2.24, 2.45) is 0 Å². The maximum Gasteiger partial charge on any atom is 0.256 e. The normalized spacial score (nSPS) is 22.0. The van der Waals surface area contributed by atoms with Crippen LogP contribution in [0.25, 0.3) is 0 Å². The smallest absolute Gasteiger partial charge is 0.256 e. The van der Waals surface area contributed by atoms with E-state index in [0.717, 1.165) is 15.6 Å². The highest BCUT2D eigenvalue weighted by molar-refractivity contribution is 9.10. The van der Waals surface area contributed by atoms with E-state index in [9.17, 15) is 14.4 Å². The van der Waals surface area contributed by atoms with Crippen LogP contribution in [0.4, 0.5) is 0 Å². The fourth-order valence-electron chi connectivity index (χ4n) is 2.71. The van der Waals surface area contributed by atoms with Crippen molar-refractivity contribution in [2.45, 2.75) is 32.4 Å². The molecule has 0 spiro atoms. The zero-order chi connectivity index (χ0) is 14.4. The number of imide groups is 1. The summed E-state index contributed by atoms with van der Waals surface area (Å²) in [4.78, 5) is 37.2. The first kappa shape index (κ1) is 13.3. The number of benzene rings is 1. The van der Waals surface area contributed by atoms with Crippen molar-refractivity contribution in [2.75, 3.05) is 0 Å². The number of hydrogen-bond donors (Lipinski definition) is 1. The lowest BCUT2D eigenvalue weighted by molar-refractivity contribution is -0.136. The topological polar surface area (TPSA) is 66.5 Å². The van der Waals surface area contributed by atoms with Crippen LogP contribution in [0, 0.1) is 6.92 Å². The van der Waals surface area contributed by atoms with Gasteiger partial charge in [-0.15, -0.1) is 0 Å². The van der Waals surface area contributed by atoms with Gasteiger partial charge in [-0.2, -0.15) is 0 Å². The van der Waals surface area contributed by atoms with Crippen LogP contribution in [0.1, 0.15) is 34.3 Å². The second-order valence-electron chi connectivity index (χ2n) is 5.13. The van der Waals surface area contributed by atoms with Gasteiger partial charge < -0.3 is 4.90 Å². The summed E-state index contributed by atoms with van der Waals surface area (Å²) in [6.07, 6.45) is 0.664. The minimum absolute atomic E-state index is 0.148. The predicted octanol–water partition coefficient (Wildman–Crippen LogP) is 1.52. The van der Waals surface area contributed by atoms with E-state index in [-0.39, 0.29) is 24.1 Å².